The Hall–Kier alpha value is -0.170. The summed E-state index contributed by atoms with van der Waals surface area (Å²) in [6, 6.07) is 0.484. The molecule has 0 radical (unpaired) electrons. The average molecular weight is 347 g/mol. The first-order valence-electron chi connectivity index (χ1n) is 6.48. The van der Waals surface area contributed by atoms with Gasteiger partial charge in [0.15, 0.2) is 0 Å². The fraction of sp³-hybridized carbons (Fsp3) is 0.833. The number of aromatic nitrogens is 3. The van der Waals surface area contributed by atoms with Gasteiger partial charge in [0.2, 0.25) is 3.83 Å². The van der Waals surface area contributed by atoms with Crippen LogP contribution in [0.1, 0.15) is 51.0 Å². The monoisotopic (exact) mass is 347 g/mol. The second-order valence-electron chi connectivity index (χ2n) is 5.23. The van der Waals surface area contributed by atoms with E-state index in [0.717, 1.165) is 23.3 Å². The number of nitrogens with zero attached hydrogens (tertiary/aromatic N) is 3. The van der Waals surface area contributed by atoms with E-state index >= 15 is 0 Å². The Morgan fingerprint density at radius 1 is 1.35 bits per heavy atom. The van der Waals surface area contributed by atoms with Crippen molar-refractivity contribution in [1.29, 1.82) is 0 Å². The molecule has 0 N–H and O–H groups in total. The summed E-state index contributed by atoms with van der Waals surface area (Å²) >= 11 is 2.17. The molecular weight excluding hydrogens is 329 g/mol. The highest BCUT2D eigenvalue weighted by Crippen LogP contribution is 2.41. The molecule has 2 fully saturated rings. The van der Waals surface area contributed by atoms with Gasteiger partial charge in [0.05, 0.1) is 11.6 Å². The fourth-order valence-electron chi connectivity index (χ4n) is 3.20. The van der Waals surface area contributed by atoms with Crippen molar-refractivity contribution in [2.45, 2.75) is 56.6 Å². The van der Waals surface area contributed by atoms with Crippen LogP contribution in [0.5, 0.6) is 0 Å². The molecule has 1 saturated carbocycles. The number of ether oxygens (including phenoxy) is 1. The van der Waals surface area contributed by atoms with Crippen molar-refractivity contribution in [3.63, 3.8) is 0 Å². The van der Waals surface area contributed by atoms with Crippen molar-refractivity contribution in [3.8, 4) is 0 Å². The highest BCUT2D eigenvalue weighted by molar-refractivity contribution is 14.1. The molecule has 1 aromatic rings. The summed E-state index contributed by atoms with van der Waals surface area (Å²) in [7, 11) is 0. The Morgan fingerprint density at radius 3 is 2.88 bits per heavy atom. The van der Waals surface area contributed by atoms with Crippen molar-refractivity contribution in [1.82, 2.24) is 14.8 Å². The van der Waals surface area contributed by atoms with Gasteiger partial charge in [0.1, 0.15) is 6.33 Å². The maximum atomic E-state index is 6.10. The third-order valence-electron chi connectivity index (χ3n) is 4.09. The van der Waals surface area contributed by atoms with E-state index < -0.39 is 0 Å². The zero-order chi connectivity index (χ0) is 11.7. The van der Waals surface area contributed by atoms with Crippen LogP contribution in [0.15, 0.2) is 6.33 Å². The molecule has 1 unspecified atom stereocenters. The molecule has 0 amide bonds. The van der Waals surface area contributed by atoms with Crippen LogP contribution in [-0.4, -0.2) is 27.0 Å². The highest BCUT2D eigenvalue weighted by atomic mass is 127. The molecule has 94 valence electrons. The molecule has 4 nitrogen and oxygen atoms in total. The lowest BCUT2D eigenvalue weighted by molar-refractivity contribution is -0.115. The van der Waals surface area contributed by atoms with Gasteiger partial charge in [0, 0.05) is 29.2 Å². The third kappa shape index (κ3) is 2.50. The SMILES string of the molecule is Ic1ncn(C2CCOC3(CCCCC3)C2)n1. The standard InChI is InChI=1S/C12H18IN3O/c13-11-14-9-16(15-11)10-4-7-17-12(8-10)5-2-1-3-6-12/h9-10H,1-8H2. The Kier molecular flexibility index (Phi) is 3.38. The van der Waals surface area contributed by atoms with Crippen LogP contribution in [0.2, 0.25) is 0 Å². The normalized spacial score (nSPS) is 28.4. The van der Waals surface area contributed by atoms with E-state index in [1.807, 2.05) is 11.0 Å². The van der Waals surface area contributed by atoms with E-state index in [2.05, 4.69) is 32.7 Å². The minimum absolute atomic E-state index is 0.151. The smallest absolute Gasteiger partial charge is 0.211 e. The molecule has 1 saturated heterocycles. The lowest BCUT2D eigenvalue weighted by atomic mass is 9.78. The first kappa shape index (κ1) is 11.9. The number of rotatable bonds is 1. The van der Waals surface area contributed by atoms with Gasteiger partial charge >= 0.3 is 0 Å². The predicted molar refractivity (Wildman–Crippen MR) is 72.8 cm³/mol. The van der Waals surface area contributed by atoms with E-state index in [-0.39, 0.29) is 5.60 Å². The van der Waals surface area contributed by atoms with Gasteiger partial charge in [-0.2, -0.15) is 0 Å². The first-order chi connectivity index (χ1) is 8.27. The average Bonchev–Trinajstić information content (AvgIpc) is 2.77. The zero-order valence-corrected chi connectivity index (χ0v) is 12.1. The van der Waals surface area contributed by atoms with E-state index in [9.17, 15) is 0 Å². The number of hydrogen-bond donors (Lipinski definition) is 0. The lowest BCUT2D eigenvalue weighted by Gasteiger charge is -2.43. The van der Waals surface area contributed by atoms with Gasteiger partial charge in [-0.25, -0.2) is 9.67 Å². The van der Waals surface area contributed by atoms with E-state index in [0.29, 0.717) is 6.04 Å². The van der Waals surface area contributed by atoms with Crippen LogP contribution in [0, 0.1) is 3.83 Å². The summed E-state index contributed by atoms with van der Waals surface area (Å²) in [5.74, 6) is 0. The van der Waals surface area contributed by atoms with Crippen molar-refractivity contribution < 1.29 is 4.74 Å². The van der Waals surface area contributed by atoms with Gasteiger partial charge in [-0.15, -0.1) is 5.10 Å². The van der Waals surface area contributed by atoms with E-state index in [4.69, 9.17) is 4.74 Å². The Balaban J connectivity index is 1.74. The van der Waals surface area contributed by atoms with Crippen LogP contribution in [0.4, 0.5) is 0 Å². The minimum atomic E-state index is 0.151. The lowest BCUT2D eigenvalue weighted by Crippen LogP contribution is -2.42. The summed E-state index contributed by atoms with van der Waals surface area (Å²) in [6.07, 6.45) is 10.5. The van der Waals surface area contributed by atoms with Gasteiger partial charge in [0.25, 0.3) is 0 Å². The van der Waals surface area contributed by atoms with Crippen molar-refractivity contribution >= 4 is 22.6 Å². The molecule has 1 aliphatic carbocycles. The summed E-state index contributed by atoms with van der Waals surface area (Å²) in [5.41, 5.74) is 0.151. The molecule has 17 heavy (non-hydrogen) atoms. The largest absolute Gasteiger partial charge is 0.375 e. The van der Waals surface area contributed by atoms with Crippen molar-refractivity contribution in [2.24, 2.45) is 0 Å². The molecule has 1 aromatic heterocycles. The quantitative estimate of drug-likeness (QED) is 0.734. The Labute approximate surface area is 115 Å². The molecule has 5 heteroatoms. The van der Waals surface area contributed by atoms with Gasteiger partial charge < -0.3 is 4.74 Å². The second kappa shape index (κ2) is 4.84. The van der Waals surface area contributed by atoms with E-state index in [1.165, 1.54) is 32.1 Å². The van der Waals surface area contributed by atoms with E-state index in [1.54, 1.807) is 0 Å². The number of hydrogen-bond acceptors (Lipinski definition) is 3. The molecule has 2 aliphatic rings. The maximum Gasteiger partial charge on any atom is 0.211 e. The third-order valence-corrected chi connectivity index (χ3v) is 4.58. The first-order valence-corrected chi connectivity index (χ1v) is 7.56. The number of halogens is 1. The zero-order valence-electron chi connectivity index (χ0n) is 9.94. The molecule has 1 spiro atoms. The predicted octanol–water partition coefficient (Wildman–Crippen LogP) is 2.94. The highest BCUT2D eigenvalue weighted by Gasteiger charge is 2.39. The maximum absolute atomic E-state index is 6.10. The van der Waals surface area contributed by atoms with Crippen LogP contribution in [0.25, 0.3) is 0 Å². The van der Waals surface area contributed by atoms with Crippen LogP contribution in [0.3, 0.4) is 0 Å². The second-order valence-corrected chi connectivity index (χ2v) is 6.20. The molecule has 2 heterocycles. The molecular formula is C12H18IN3O. The van der Waals surface area contributed by atoms with Crippen LogP contribution >= 0.6 is 22.6 Å². The van der Waals surface area contributed by atoms with Crippen LogP contribution in [-0.2, 0) is 4.74 Å². The van der Waals surface area contributed by atoms with Gasteiger partial charge in [-0.3, -0.25) is 0 Å². The molecule has 3 rings (SSSR count). The summed E-state index contributed by atoms with van der Waals surface area (Å²) in [6.45, 7) is 0.876. The van der Waals surface area contributed by atoms with Crippen LogP contribution < -0.4 is 0 Å². The molecule has 1 atom stereocenters. The van der Waals surface area contributed by atoms with Crippen molar-refractivity contribution in [2.75, 3.05) is 6.61 Å². The fourth-order valence-corrected chi connectivity index (χ4v) is 3.58. The topological polar surface area (TPSA) is 39.9 Å². The van der Waals surface area contributed by atoms with Gasteiger partial charge in [-0.05, 0) is 25.7 Å². The molecule has 1 aliphatic heterocycles. The summed E-state index contributed by atoms with van der Waals surface area (Å²) < 4.78 is 8.98. The Bertz CT molecular complexity index is 381. The minimum Gasteiger partial charge on any atom is -0.375 e. The summed E-state index contributed by atoms with van der Waals surface area (Å²) in [4.78, 5) is 4.22. The summed E-state index contributed by atoms with van der Waals surface area (Å²) in [5, 5.41) is 4.45. The molecule has 0 bridgehead atoms. The van der Waals surface area contributed by atoms with Crippen molar-refractivity contribution in [3.05, 3.63) is 10.2 Å². The molecule has 0 aromatic carbocycles. The Morgan fingerprint density at radius 2 is 2.18 bits per heavy atom. The van der Waals surface area contributed by atoms with Gasteiger partial charge in [-0.1, -0.05) is 19.3 Å².